The molecule has 23 heavy (non-hydrogen) atoms. The zero-order valence-electron chi connectivity index (χ0n) is 14.0. The van der Waals surface area contributed by atoms with Gasteiger partial charge in [0.1, 0.15) is 5.82 Å². The van der Waals surface area contributed by atoms with Gasteiger partial charge in [-0.3, -0.25) is 0 Å². The van der Waals surface area contributed by atoms with E-state index in [1.54, 1.807) is 12.1 Å². The Balaban J connectivity index is 1.37. The summed E-state index contributed by atoms with van der Waals surface area (Å²) < 4.78 is 24.5. The van der Waals surface area contributed by atoms with E-state index in [0.29, 0.717) is 17.9 Å². The third kappa shape index (κ3) is 5.00. The van der Waals surface area contributed by atoms with Gasteiger partial charge in [-0.25, -0.2) is 4.39 Å². The number of nitrogens with zero attached hydrogens (tertiary/aromatic N) is 1. The van der Waals surface area contributed by atoms with Crippen LogP contribution in [-0.2, 0) is 9.47 Å². The van der Waals surface area contributed by atoms with Gasteiger partial charge >= 0.3 is 0 Å². The van der Waals surface area contributed by atoms with Crippen LogP contribution in [0.1, 0.15) is 37.7 Å². The Labute approximate surface area is 138 Å². The number of hydrogen-bond acceptors (Lipinski definition) is 3. The Bertz CT molecular complexity index is 465. The first-order chi connectivity index (χ1) is 11.2. The highest BCUT2D eigenvalue weighted by Crippen LogP contribution is 2.22. The van der Waals surface area contributed by atoms with Crippen molar-refractivity contribution in [1.29, 1.82) is 0 Å². The van der Waals surface area contributed by atoms with E-state index in [4.69, 9.17) is 9.47 Å². The molecule has 2 fully saturated rings. The second-order valence-electron chi connectivity index (χ2n) is 7.02. The summed E-state index contributed by atoms with van der Waals surface area (Å²) in [5.74, 6) is 0.877. The van der Waals surface area contributed by atoms with Crippen molar-refractivity contribution in [2.75, 3.05) is 39.5 Å². The van der Waals surface area contributed by atoms with Crippen LogP contribution in [0.15, 0.2) is 24.3 Å². The quantitative estimate of drug-likeness (QED) is 0.801. The molecule has 3 rings (SSSR count). The topological polar surface area (TPSA) is 21.7 Å². The summed E-state index contributed by atoms with van der Waals surface area (Å²) >= 11 is 0. The molecule has 2 aliphatic rings. The van der Waals surface area contributed by atoms with Gasteiger partial charge in [-0.1, -0.05) is 19.1 Å². The van der Waals surface area contributed by atoms with E-state index in [2.05, 4.69) is 11.8 Å². The maximum atomic E-state index is 13.0. The van der Waals surface area contributed by atoms with Crippen LogP contribution in [0.2, 0.25) is 0 Å². The van der Waals surface area contributed by atoms with Gasteiger partial charge in [-0.05, 0) is 42.9 Å². The van der Waals surface area contributed by atoms with Gasteiger partial charge in [-0.15, -0.1) is 0 Å². The fraction of sp³-hybridized carbons (Fsp3) is 0.684. The van der Waals surface area contributed by atoms with Gasteiger partial charge in [-0.2, -0.15) is 0 Å². The highest BCUT2D eigenvalue weighted by Gasteiger charge is 2.23. The second-order valence-corrected chi connectivity index (χ2v) is 7.02. The van der Waals surface area contributed by atoms with Crippen LogP contribution in [0.4, 0.5) is 4.39 Å². The predicted octanol–water partition coefficient (Wildman–Crippen LogP) is 3.45. The maximum Gasteiger partial charge on any atom is 0.123 e. The molecule has 0 radical (unpaired) electrons. The number of piperidine rings is 1. The summed E-state index contributed by atoms with van der Waals surface area (Å²) in [6, 6.07) is 6.91. The molecule has 2 heterocycles. The molecule has 3 nitrogen and oxygen atoms in total. The van der Waals surface area contributed by atoms with Crippen LogP contribution >= 0.6 is 0 Å². The van der Waals surface area contributed by atoms with Gasteiger partial charge in [0, 0.05) is 32.2 Å². The Morgan fingerprint density at radius 1 is 1.22 bits per heavy atom. The van der Waals surface area contributed by atoms with E-state index in [9.17, 15) is 4.39 Å². The molecular weight excluding hydrogens is 293 g/mol. The van der Waals surface area contributed by atoms with Gasteiger partial charge < -0.3 is 14.4 Å². The molecular formula is C19H28FNO2. The maximum absolute atomic E-state index is 13.0. The molecule has 0 amide bonds. The number of benzene rings is 1. The summed E-state index contributed by atoms with van der Waals surface area (Å²) in [6.45, 7) is 8.07. The Morgan fingerprint density at radius 2 is 1.96 bits per heavy atom. The van der Waals surface area contributed by atoms with E-state index in [1.165, 1.54) is 5.56 Å². The van der Waals surface area contributed by atoms with E-state index in [-0.39, 0.29) is 5.82 Å². The molecule has 0 saturated carbocycles. The highest BCUT2D eigenvalue weighted by atomic mass is 19.1. The summed E-state index contributed by atoms with van der Waals surface area (Å²) in [6.07, 6.45) is 3.79. The van der Waals surface area contributed by atoms with Crippen LogP contribution in [0.5, 0.6) is 0 Å². The molecule has 2 aliphatic heterocycles. The molecule has 2 unspecified atom stereocenters. The van der Waals surface area contributed by atoms with E-state index in [1.807, 2.05) is 12.1 Å². The zero-order chi connectivity index (χ0) is 16.1. The molecule has 1 aromatic rings. The Hall–Kier alpha value is -0.970. The number of ether oxygens (including phenoxy) is 2. The van der Waals surface area contributed by atoms with Crippen LogP contribution in [0.3, 0.4) is 0 Å². The Kier molecular flexibility index (Phi) is 6.03. The number of rotatable bonds is 6. The van der Waals surface area contributed by atoms with Crippen LogP contribution in [-0.4, -0.2) is 50.5 Å². The van der Waals surface area contributed by atoms with Crippen LogP contribution < -0.4 is 0 Å². The molecule has 4 heteroatoms. The monoisotopic (exact) mass is 321 g/mol. The summed E-state index contributed by atoms with van der Waals surface area (Å²) in [7, 11) is 0. The second kappa shape index (κ2) is 8.22. The lowest BCUT2D eigenvalue weighted by Gasteiger charge is -2.34. The molecule has 2 atom stereocenters. The lowest BCUT2D eigenvalue weighted by molar-refractivity contribution is -0.0110. The van der Waals surface area contributed by atoms with E-state index >= 15 is 0 Å². The molecule has 1 aromatic carbocycles. The van der Waals surface area contributed by atoms with Crippen molar-refractivity contribution in [2.45, 2.75) is 38.2 Å². The minimum Gasteiger partial charge on any atom is -0.381 e. The number of likely N-dealkylation sites (tertiary alicyclic amines) is 1. The Morgan fingerprint density at radius 3 is 2.61 bits per heavy atom. The number of halogens is 1. The van der Waals surface area contributed by atoms with Gasteiger partial charge in [0.15, 0.2) is 0 Å². The minimum absolute atomic E-state index is 0.161. The minimum atomic E-state index is -0.161. The molecule has 0 N–H and O–H groups in total. The van der Waals surface area contributed by atoms with E-state index in [0.717, 1.165) is 58.7 Å². The fourth-order valence-electron chi connectivity index (χ4n) is 3.53. The van der Waals surface area contributed by atoms with Crippen molar-refractivity contribution in [2.24, 2.45) is 5.92 Å². The fourth-order valence-corrected chi connectivity index (χ4v) is 3.53. The van der Waals surface area contributed by atoms with Crippen molar-refractivity contribution in [3.8, 4) is 0 Å². The average Bonchev–Trinajstić information content (AvgIpc) is 3.08. The lowest BCUT2D eigenvalue weighted by Crippen LogP contribution is -2.39. The summed E-state index contributed by atoms with van der Waals surface area (Å²) in [4.78, 5) is 2.51. The van der Waals surface area contributed by atoms with Crippen molar-refractivity contribution in [3.05, 3.63) is 35.6 Å². The van der Waals surface area contributed by atoms with Crippen LogP contribution in [0, 0.1) is 11.7 Å². The standard InChI is InChI=1S/C19H28FNO2/c1-15(17-2-4-18(20)5-3-17)12-21-9-6-19(7-10-21)23-14-16-8-11-22-13-16/h2-5,15-16,19H,6-14H2,1H3. The first kappa shape index (κ1) is 16.9. The first-order valence-corrected chi connectivity index (χ1v) is 8.88. The van der Waals surface area contributed by atoms with Gasteiger partial charge in [0.25, 0.3) is 0 Å². The van der Waals surface area contributed by atoms with Crippen molar-refractivity contribution >= 4 is 0 Å². The smallest absolute Gasteiger partial charge is 0.123 e. The largest absolute Gasteiger partial charge is 0.381 e. The van der Waals surface area contributed by atoms with Crippen molar-refractivity contribution < 1.29 is 13.9 Å². The van der Waals surface area contributed by atoms with Crippen LogP contribution in [0.25, 0.3) is 0 Å². The highest BCUT2D eigenvalue weighted by molar-refractivity contribution is 5.20. The van der Waals surface area contributed by atoms with E-state index < -0.39 is 0 Å². The SMILES string of the molecule is CC(CN1CCC(OCC2CCOC2)CC1)c1ccc(F)cc1. The van der Waals surface area contributed by atoms with Gasteiger partial charge in [0.2, 0.25) is 0 Å². The van der Waals surface area contributed by atoms with Crippen molar-refractivity contribution in [3.63, 3.8) is 0 Å². The average molecular weight is 321 g/mol. The third-order valence-corrected chi connectivity index (χ3v) is 5.10. The zero-order valence-corrected chi connectivity index (χ0v) is 14.0. The molecule has 0 bridgehead atoms. The molecule has 0 spiro atoms. The lowest BCUT2D eigenvalue weighted by atomic mass is 9.99. The summed E-state index contributed by atoms with van der Waals surface area (Å²) in [5.41, 5.74) is 1.21. The number of hydrogen-bond donors (Lipinski definition) is 0. The van der Waals surface area contributed by atoms with Crippen molar-refractivity contribution in [1.82, 2.24) is 4.90 Å². The molecule has 128 valence electrons. The molecule has 0 aliphatic carbocycles. The third-order valence-electron chi connectivity index (χ3n) is 5.10. The molecule has 0 aromatic heterocycles. The normalized spacial score (nSPS) is 24.9. The predicted molar refractivity (Wildman–Crippen MR) is 89.2 cm³/mol. The molecule has 2 saturated heterocycles. The summed E-state index contributed by atoms with van der Waals surface area (Å²) in [5, 5.41) is 0. The van der Waals surface area contributed by atoms with Gasteiger partial charge in [0.05, 0.1) is 19.3 Å². The first-order valence-electron chi connectivity index (χ1n) is 8.88.